The zero-order valence-corrected chi connectivity index (χ0v) is 19.7. The third-order valence-electron chi connectivity index (χ3n) is 7.62. The van der Waals surface area contributed by atoms with Crippen molar-refractivity contribution in [3.63, 3.8) is 0 Å². The summed E-state index contributed by atoms with van der Waals surface area (Å²) in [5.74, 6) is 1.78. The summed E-state index contributed by atoms with van der Waals surface area (Å²) in [6.45, 7) is 6.64. The predicted molar refractivity (Wildman–Crippen MR) is 128 cm³/mol. The summed E-state index contributed by atoms with van der Waals surface area (Å²) in [5.41, 5.74) is 3.81. The summed E-state index contributed by atoms with van der Waals surface area (Å²) in [6, 6.07) is 10.8. The molecule has 1 aromatic carbocycles. The van der Waals surface area contributed by atoms with Gasteiger partial charge in [0.15, 0.2) is 0 Å². The van der Waals surface area contributed by atoms with Crippen molar-refractivity contribution >= 4 is 33.2 Å². The maximum absolute atomic E-state index is 6.86. The third kappa shape index (κ3) is 3.70. The molecular formula is C25H29ClN4S. The second kappa shape index (κ2) is 7.80. The molecule has 2 aromatic heterocycles. The van der Waals surface area contributed by atoms with Gasteiger partial charge in [-0.1, -0.05) is 23.7 Å². The lowest BCUT2D eigenvalue weighted by Crippen LogP contribution is -2.36. The number of fused-ring (bicyclic) bond motifs is 3. The van der Waals surface area contributed by atoms with Crippen LogP contribution in [0.1, 0.15) is 73.1 Å². The van der Waals surface area contributed by atoms with Crippen molar-refractivity contribution in [2.75, 3.05) is 13.1 Å². The highest BCUT2D eigenvalue weighted by Gasteiger charge is 2.43. The van der Waals surface area contributed by atoms with Crippen LogP contribution in [0.15, 0.2) is 29.6 Å². The Kier molecular flexibility index (Phi) is 5.06. The minimum absolute atomic E-state index is 0.401. The highest BCUT2D eigenvalue weighted by atomic mass is 35.5. The number of rotatable bonds is 4. The van der Waals surface area contributed by atoms with Gasteiger partial charge in [0.05, 0.1) is 5.69 Å². The molecule has 1 aliphatic carbocycles. The van der Waals surface area contributed by atoms with Gasteiger partial charge in [-0.15, -0.1) is 11.3 Å². The summed E-state index contributed by atoms with van der Waals surface area (Å²) >= 11 is 8.56. The lowest BCUT2D eigenvalue weighted by Gasteiger charge is -2.31. The van der Waals surface area contributed by atoms with Crippen LogP contribution in [0.5, 0.6) is 0 Å². The normalized spacial score (nSPS) is 29.3. The third-order valence-corrected chi connectivity index (χ3v) is 8.75. The Morgan fingerprint density at radius 3 is 2.87 bits per heavy atom. The van der Waals surface area contributed by atoms with Crippen molar-refractivity contribution in [1.82, 2.24) is 20.2 Å². The Balaban J connectivity index is 1.21. The number of hydrogen-bond donors (Lipinski definition) is 1. The van der Waals surface area contributed by atoms with Gasteiger partial charge in [0.25, 0.3) is 0 Å². The van der Waals surface area contributed by atoms with E-state index in [4.69, 9.17) is 16.6 Å². The molecule has 6 rings (SSSR count). The van der Waals surface area contributed by atoms with Crippen LogP contribution < -0.4 is 5.32 Å². The Morgan fingerprint density at radius 2 is 2.00 bits per heavy atom. The van der Waals surface area contributed by atoms with Crippen molar-refractivity contribution < 1.29 is 0 Å². The Bertz CT molecular complexity index is 1130. The van der Waals surface area contributed by atoms with Gasteiger partial charge in [-0.25, -0.2) is 9.97 Å². The quantitative estimate of drug-likeness (QED) is 0.542. The maximum atomic E-state index is 6.86. The number of thiophene rings is 1. The van der Waals surface area contributed by atoms with Gasteiger partial charge in [0.1, 0.15) is 10.7 Å². The first-order valence-electron chi connectivity index (χ1n) is 11.6. The van der Waals surface area contributed by atoms with Crippen LogP contribution in [-0.2, 0) is 0 Å². The topological polar surface area (TPSA) is 41.1 Å². The molecule has 0 spiro atoms. The fourth-order valence-corrected chi connectivity index (χ4v) is 6.90. The van der Waals surface area contributed by atoms with Crippen LogP contribution in [0.4, 0.5) is 0 Å². The fraction of sp³-hybridized carbons (Fsp3) is 0.520. The molecule has 3 aromatic rings. The molecule has 6 heteroatoms. The summed E-state index contributed by atoms with van der Waals surface area (Å²) < 4.78 is 0. The molecule has 162 valence electrons. The SMILES string of the molecule is Cc1nc([C@H]2C[C@@H]2c2ccc([C@@H](C)N3CC[C@H]4CC[C@@H](C3)N4)cc2Cl)c2ccsc2n1. The lowest BCUT2D eigenvalue weighted by atomic mass is 9.99. The monoisotopic (exact) mass is 452 g/mol. The van der Waals surface area contributed by atoms with Crippen molar-refractivity contribution in [3.8, 4) is 0 Å². The van der Waals surface area contributed by atoms with Crippen molar-refractivity contribution in [2.45, 2.75) is 69.5 Å². The molecule has 31 heavy (non-hydrogen) atoms. The van der Waals surface area contributed by atoms with E-state index in [0.717, 1.165) is 34.7 Å². The number of hydrogen-bond acceptors (Lipinski definition) is 5. The minimum atomic E-state index is 0.401. The van der Waals surface area contributed by atoms with Gasteiger partial charge in [-0.05, 0) is 74.1 Å². The van der Waals surface area contributed by atoms with Gasteiger partial charge in [0.2, 0.25) is 0 Å². The molecule has 0 amide bonds. The first-order valence-corrected chi connectivity index (χ1v) is 12.8. The first kappa shape index (κ1) is 20.1. The van der Waals surface area contributed by atoms with E-state index >= 15 is 0 Å². The van der Waals surface area contributed by atoms with Crippen LogP contribution in [0.3, 0.4) is 0 Å². The van der Waals surface area contributed by atoms with Gasteiger partial charge in [0, 0.05) is 47.5 Å². The summed E-state index contributed by atoms with van der Waals surface area (Å²) in [6.07, 6.45) is 5.04. The molecule has 2 aliphatic heterocycles. The molecular weight excluding hydrogens is 424 g/mol. The number of nitrogens with one attached hydrogen (secondary N) is 1. The van der Waals surface area contributed by atoms with E-state index in [-0.39, 0.29) is 0 Å². The maximum Gasteiger partial charge on any atom is 0.127 e. The molecule has 4 nitrogen and oxygen atoms in total. The standard InChI is InChI=1S/C25H29ClN4S/c1-14(30-9-7-17-4-5-18(13-30)29-17)16-3-6-19(23(26)11-16)21-12-22(21)24-20-8-10-31-25(20)28-15(2)27-24/h3,6,8,10-11,14,17-18,21-22,29H,4-5,7,9,12-13H2,1-2H3/t14-,17-,18+,21-,22+/m1/s1. The summed E-state index contributed by atoms with van der Waals surface area (Å²) in [4.78, 5) is 13.1. The summed E-state index contributed by atoms with van der Waals surface area (Å²) in [7, 11) is 0. The molecule has 4 heterocycles. The predicted octanol–water partition coefficient (Wildman–Crippen LogP) is 5.81. The molecule has 3 fully saturated rings. The smallest absolute Gasteiger partial charge is 0.127 e. The molecule has 0 unspecified atom stereocenters. The van der Waals surface area contributed by atoms with E-state index in [0.29, 0.717) is 23.9 Å². The lowest BCUT2D eigenvalue weighted by molar-refractivity contribution is 0.200. The number of aromatic nitrogens is 2. The molecule has 2 saturated heterocycles. The van der Waals surface area contributed by atoms with E-state index in [1.54, 1.807) is 11.3 Å². The zero-order valence-electron chi connectivity index (χ0n) is 18.1. The van der Waals surface area contributed by atoms with E-state index < -0.39 is 0 Å². The molecule has 1 N–H and O–H groups in total. The van der Waals surface area contributed by atoms with Gasteiger partial charge in [-0.3, -0.25) is 4.90 Å². The van der Waals surface area contributed by atoms with Gasteiger partial charge < -0.3 is 5.32 Å². The number of likely N-dealkylation sites (tertiary alicyclic amines) is 1. The molecule has 2 bridgehead atoms. The molecule has 0 radical (unpaired) electrons. The largest absolute Gasteiger partial charge is 0.310 e. The van der Waals surface area contributed by atoms with E-state index in [9.17, 15) is 0 Å². The van der Waals surface area contributed by atoms with E-state index in [2.05, 4.69) is 51.8 Å². The molecule has 1 saturated carbocycles. The average molecular weight is 453 g/mol. The Hall–Kier alpha value is -1.53. The number of aryl methyl sites for hydroxylation is 1. The molecule has 5 atom stereocenters. The zero-order chi connectivity index (χ0) is 21.1. The second-order valence-electron chi connectivity index (χ2n) is 9.62. The van der Waals surface area contributed by atoms with E-state index in [1.807, 2.05) is 6.92 Å². The van der Waals surface area contributed by atoms with Gasteiger partial charge >= 0.3 is 0 Å². The van der Waals surface area contributed by atoms with Crippen LogP contribution in [0.25, 0.3) is 10.2 Å². The Morgan fingerprint density at radius 1 is 1.13 bits per heavy atom. The van der Waals surface area contributed by atoms with Crippen LogP contribution in [-0.4, -0.2) is 40.0 Å². The van der Waals surface area contributed by atoms with Crippen molar-refractivity contribution in [2.24, 2.45) is 0 Å². The van der Waals surface area contributed by atoms with Crippen LogP contribution >= 0.6 is 22.9 Å². The first-order chi connectivity index (χ1) is 15.1. The van der Waals surface area contributed by atoms with Crippen molar-refractivity contribution in [3.05, 3.63) is 57.3 Å². The van der Waals surface area contributed by atoms with Crippen molar-refractivity contribution in [1.29, 1.82) is 0 Å². The summed E-state index contributed by atoms with van der Waals surface area (Å²) in [5, 5.41) is 8.04. The Labute approximate surface area is 193 Å². The number of halogens is 1. The average Bonchev–Trinajstić information content (AvgIpc) is 3.24. The minimum Gasteiger partial charge on any atom is -0.310 e. The van der Waals surface area contributed by atoms with Crippen LogP contribution in [0.2, 0.25) is 5.02 Å². The number of benzene rings is 1. The molecule has 3 aliphatic rings. The second-order valence-corrected chi connectivity index (χ2v) is 10.9. The number of nitrogens with zero attached hydrogens (tertiary/aromatic N) is 3. The van der Waals surface area contributed by atoms with Crippen LogP contribution in [0, 0.1) is 6.92 Å². The fourth-order valence-electron chi connectivity index (χ4n) is 5.75. The highest BCUT2D eigenvalue weighted by molar-refractivity contribution is 7.16. The van der Waals surface area contributed by atoms with Gasteiger partial charge in [-0.2, -0.15) is 0 Å². The highest BCUT2D eigenvalue weighted by Crippen LogP contribution is 2.57. The van der Waals surface area contributed by atoms with E-state index in [1.165, 1.54) is 48.0 Å².